The third kappa shape index (κ3) is 4.28. The van der Waals surface area contributed by atoms with E-state index in [1.807, 2.05) is 18.2 Å². The van der Waals surface area contributed by atoms with Gasteiger partial charge in [-0.1, -0.05) is 37.7 Å². The molecule has 8 heteroatoms. The lowest BCUT2D eigenvalue weighted by Gasteiger charge is -2.20. The van der Waals surface area contributed by atoms with Crippen LogP contribution in [0.25, 0.3) is 10.7 Å². The quantitative estimate of drug-likeness (QED) is 0.561. The Morgan fingerprint density at radius 2 is 2.18 bits per heavy atom. The molecule has 146 valence electrons. The van der Waals surface area contributed by atoms with Crippen molar-refractivity contribution in [2.24, 2.45) is 5.92 Å². The molecule has 0 aromatic carbocycles. The van der Waals surface area contributed by atoms with E-state index >= 15 is 0 Å². The number of aromatic nitrogens is 4. The summed E-state index contributed by atoms with van der Waals surface area (Å²) < 4.78 is 2.22. The molecule has 28 heavy (non-hydrogen) atoms. The first-order chi connectivity index (χ1) is 13.6. The number of pyridine rings is 1. The van der Waals surface area contributed by atoms with Crippen molar-refractivity contribution in [3.8, 4) is 10.7 Å². The first-order valence-electron chi connectivity index (χ1n) is 9.45. The predicted molar refractivity (Wildman–Crippen MR) is 112 cm³/mol. The smallest absolute Gasteiger partial charge is 0.234 e. The number of nitrogens with zero attached hydrogens (tertiary/aromatic N) is 4. The van der Waals surface area contributed by atoms with Crippen molar-refractivity contribution in [3.63, 3.8) is 0 Å². The number of nitrogens with one attached hydrogen (secondary N) is 1. The standard InChI is InChI=1S/C20H23N5OS2/c1-13(2)17(19(26)22-12-14-5-3-9-21-11-14)28-20-24-23-18(16-6-4-10-27-16)25(20)15-7-8-15/h3-6,9-11,13,15,17H,7-8,12H2,1-2H3,(H,22,26). The Labute approximate surface area is 172 Å². The lowest BCUT2D eigenvalue weighted by molar-refractivity contribution is -0.121. The molecule has 4 rings (SSSR count). The second-order valence-electron chi connectivity index (χ2n) is 7.25. The number of hydrogen-bond donors (Lipinski definition) is 1. The minimum Gasteiger partial charge on any atom is -0.351 e. The van der Waals surface area contributed by atoms with Crippen molar-refractivity contribution >= 4 is 29.0 Å². The summed E-state index contributed by atoms with van der Waals surface area (Å²) in [5.74, 6) is 1.11. The lowest BCUT2D eigenvalue weighted by atomic mass is 10.1. The molecule has 1 aliphatic carbocycles. The molecule has 1 saturated carbocycles. The van der Waals surface area contributed by atoms with Gasteiger partial charge in [0.1, 0.15) is 0 Å². The van der Waals surface area contributed by atoms with E-state index in [0.29, 0.717) is 12.6 Å². The van der Waals surface area contributed by atoms with E-state index in [0.717, 1.165) is 34.3 Å². The molecule has 0 spiro atoms. The molecule has 1 atom stereocenters. The Kier molecular flexibility index (Phi) is 5.77. The lowest BCUT2D eigenvalue weighted by Crippen LogP contribution is -2.35. The SMILES string of the molecule is CC(C)C(Sc1nnc(-c2cccs2)n1C1CC1)C(=O)NCc1cccnc1. The number of amides is 1. The Hall–Kier alpha value is -2.19. The van der Waals surface area contributed by atoms with Gasteiger partial charge in [0.25, 0.3) is 0 Å². The molecule has 6 nitrogen and oxygen atoms in total. The number of thioether (sulfide) groups is 1. The maximum absolute atomic E-state index is 12.9. The van der Waals surface area contributed by atoms with E-state index in [1.165, 1.54) is 11.8 Å². The van der Waals surface area contributed by atoms with Crippen LogP contribution in [0.15, 0.2) is 47.2 Å². The average molecular weight is 414 g/mol. The van der Waals surface area contributed by atoms with Crippen LogP contribution < -0.4 is 5.32 Å². The van der Waals surface area contributed by atoms with Gasteiger partial charge in [0.2, 0.25) is 5.91 Å². The molecule has 1 fully saturated rings. The van der Waals surface area contributed by atoms with E-state index in [2.05, 4.69) is 50.4 Å². The van der Waals surface area contributed by atoms with Crippen LogP contribution in [0.1, 0.15) is 38.3 Å². The van der Waals surface area contributed by atoms with Gasteiger partial charge in [-0.05, 0) is 41.8 Å². The molecule has 1 amide bonds. The Morgan fingerprint density at radius 1 is 1.32 bits per heavy atom. The second-order valence-corrected chi connectivity index (χ2v) is 9.30. The number of carbonyl (C=O) groups is 1. The molecule has 1 aliphatic rings. The van der Waals surface area contributed by atoms with Crippen LogP contribution in [-0.2, 0) is 11.3 Å². The fraction of sp³-hybridized carbons (Fsp3) is 0.400. The van der Waals surface area contributed by atoms with Crippen molar-refractivity contribution in [2.75, 3.05) is 0 Å². The van der Waals surface area contributed by atoms with Gasteiger partial charge in [0, 0.05) is 25.0 Å². The Morgan fingerprint density at radius 3 is 2.82 bits per heavy atom. The molecule has 3 aromatic heterocycles. The number of thiophene rings is 1. The fourth-order valence-electron chi connectivity index (χ4n) is 2.99. The first kappa shape index (κ1) is 19.1. The van der Waals surface area contributed by atoms with Crippen molar-refractivity contribution in [1.29, 1.82) is 0 Å². The molecule has 3 aromatic rings. The first-order valence-corrected chi connectivity index (χ1v) is 11.2. The van der Waals surface area contributed by atoms with Gasteiger partial charge in [0.15, 0.2) is 11.0 Å². The minimum absolute atomic E-state index is 0.0203. The molecule has 0 saturated heterocycles. The highest BCUT2D eigenvalue weighted by atomic mass is 32.2. The molecule has 0 radical (unpaired) electrons. The molecule has 0 aliphatic heterocycles. The van der Waals surface area contributed by atoms with Crippen molar-refractivity contribution in [1.82, 2.24) is 25.1 Å². The topological polar surface area (TPSA) is 72.7 Å². The van der Waals surface area contributed by atoms with Gasteiger partial charge >= 0.3 is 0 Å². The van der Waals surface area contributed by atoms with Crippen LogP contribution in [0, 0.1) is 5.92 Å². The highest BCUT2D eigenvalue weighted by Gasteiger charge is 2.33. The van der Waals surface area contributed by atoms with Crippen LogP contribution in [0.2, 0.25) is 0 Å². The van der Waals surface area contributed by atoms with Crippen LogP contribution >= 0.6 is 23.1 Å². The highest BCUT2D eigenvalue weighted by molar-refractivity contribution is 8.00. The van der Waals surface area contributed by atoms with E-state index < -0.39 is 0 Å². The normalized spacial score (nSPS) is 15.0. The maximum atomic E-state index is 12.9. The zero-order valence-electron chi connectivity index (χ0n) is 15.9. The van der Waals surface area contributed by atoms with Gasteiger partial charge in [-0.2, -0.15) is 0 Å². The summed E-state index contributed by atoms with van der Waals surface area (Å²) in [7, 11) is 0. The third-order valence-corrected chi connectivity index (χ3v) is 6.97. The molecular formula is C20H23N5OS2. The van der Waals surface area contributed by atoms with Crippen LogP contribution in [0.4, 0.5) is 0 Å². The van der Waals surface area contributed by atoms with E-state index in [1.54, 1.807) is 23.7 Å². The van der Waals surface area contributed by atoms with Gasteiger partial charge in [-0.3, -0.25) is 14.3 Å². The Bertz CT molecular complexity index is 919. The molecule has 0 bridgehead atoms. The molecule has 1 unspecified atom stereocenters. The molecule has 3 heterocycles. The number of rotatable bonds is 8. The summed E-state index contributed by atoms with van der Waals surface area (Å²) in [6, 6.07) is 8.38. The fourth-order valence-corrected chi connectivity index (χ4v) is 4.82. The van der Waals surface area contributed by atoms with Gasteiger partial charge in [0.05, 0.1) is 10.1 Å². The van der Waals surface area contributed by atoms with Gasteiger partial charge in [-0.15, -0.1) is 21.5 Å². The van der Waals surface area contributed by atoms with Crippen molar-refractivity contribution < 1.29 is 4.79 Å². The zero-order chi connectivity index (χ0) is 19.5. The third-order valence-electron chi connectivity index (χ3n) is 4.60. The van der Waals surface area contributed by atoms with E-state index in [9.17, 15) is 4.79 Å². The van der Waals surface area contributed by atoms with E-state index in [-0.39, 0.29) is 17.1 Å². The van der Waals surface area contributed by atoms with Crippen LogP contribution in [-0.4, -0.2) is 30.9 Å². The molecule has 1 N–H and O–H groups in total. The van der Waals surface area contributed by atoms with Crippen molar-refractivity contribution in [2.45, 2.75) is 49.7 Å². The maximum Gasteiger partial charge on any atom is 0.234 e. The summed E-state index contributed by atoms with van der Waals surface area (Å²) in [6.07, 6.45) is 5.79. The van der Waals surface area contributed by atoms with Crippen LogP contribution in [0.5, 0.6) is 0 Å². The summed E-state index contributed by atoms with van der Waals surface area (Å²) in [5, 5.41) is 14.6. The summed E-state index contributed by atoms with van der Waals surface area (Å²) in [5.41, 5.74) is 0.990. The summed E-state index contributed by atoms with van der Waals surface area (Å²) in [4.78, 5) is 18.1. The molecular weight excluding hydrogens is 390 g/mol. The zero-order valence-corrected chi connectivity index (χ0v) is 17.5. The van der Waals surface area contributed by atoms with Gasteiger partial charge in [-0.25, -0.2) is 0 Å². The van der Waals surface area contributed by atoms with Gasteiger partial charge < -0.3 is 5.32 Å². The van der Waals surface area contributed by atoms with Crippen molar-refractivity contribution in [3.05, 3.63) is 47.6 Å². The highest BCUT2D eigenvalue weighted by Crippen LogP contribution is 2.43. The number of hydrogen-bond acceptors (Lipinski definition) is 6. The Balaban J connectivity index is 1.51. The van der Waals surface area contributed by atoms with E-state index in [4.69, 9.17) is 0 Å². The average Bonchev–Trinajstić information content (AvgIpc) is 3.22. The van der Waals surface area contributed by atoms with Crippen LogP contribution in [0.3, 0.4) is 0 Å². The summed E-state index contributed by atoms with van der Waals surface area (Å²) >= 11 is 3.19. The summed E-state index contributed by atoms with van der Waals surface area (Å²) in [6.45, 7) is 4.62. The largest absolute Gasteiger partial charge is 0.351 e. The predicted octanol–water partition coefficient (Wildman–Crippen LogP) is 4.17. The second kappa shape index (κ2) is 8.45. The monoisotopic (exact) mass is 413 g/mol. The minimum atomic E-state index is -0.227. The number of carbonyl (C=O) groups excluding carboxylic acids is 1.